The first kappa shape index (κ1) is 18.3. The van der Waals surface area contributed by atoms with Gasteiger partial charge in [-0.1, -0.05) is 82.7 Å². The van der Waals surface area contributed by atoms with E-state index in [9.17, 15) is 5.11 Å². The van der Waals surface area contributed by atoms with E-state index in [-0.39, 0.29) is 5.76 Å². The maximum absolute atomic E-state index is 13.2. The summed E-state index contributed by atoms with van der Waals surface area (Å²) in [6.45, 7) is 0.555. The molecule has 26 heavy (non-hydrogen) atoms. The van der Waals surface area contributed by atoms with E-state index in [1.807, 2.05) is 79.1 Å². The molecule has 0 saturated heterocycles. The molecule has 1 aromatic heterocycles. The van der Waals surface area contributed by atoms with E-state index in [1.165, 1.54) is 0 Å². The van der Waals surface area contributed by atoms with E-state index in [0.29, 0.717) is 22.8 Å². The zero-order valence-electron chi connectivity index (χ0n) is 13.9. The largest absolute Gasteiger partial charge is 0.867 e. The van der Waals surface area contributed by atoms with Crippen LogP contribution in [0.2, 0.25) is 0 Å². The Labute approximate surface area is 166 Å². The number of pyridine rings is 1. The maximum Gasteiger partial charge on any atom is 0.238 e. The smallest absolute Gasteiger partial charge is 0.238 e. The van der Waals surface area contributed by atoms with Crippen LogP contribution in [0.3, 0.4) is 0 Å². The summed E-state index contributed by atoms with van der Waals surface area (Å²) in [6.07, 6.45) is 3.64. The number of halogens is 1. The van der Waals surface area contributed by atoms with Gasteiger partial charge in [0.15, 0.2) is 17.4 Å². The number of aromatic nitrogens is 1. The van der Waals surface area contributed by atoms with Gasteiger partial charge in [0.2, 0.25) is 5.70 Å². The molecular formula is C21H17BrN2OS. The normalized spacial score (nSPS) is 11.6. The van der Waals surface area contributed by atoms with E-state index in [1.54, 1.807) is 10.6 Å². The molecule has 0 amide bonds. The molecule has 130 valence electrons. The average molecular weight is 425 g/mol. The van der Waals surface area contributed by atoms with Gasteiger partial charge in [0, 0.05) is 23.2 Å². The molecule has 5 heteroatoms. The number of nitrogens with one attached hydrogen (secondary N) is 1. The van der Waals surface area contributed by atoms with Crippen molar-refractivity contribution in [2.45, 2.75) is 6.54 Å². The Morgan fingerprint density at radius 3 is 2.23 bits per heavy atom. The topological polar surface area (TPSA) is 39.0 Å². The predicted molar refractivity (Wildman–Crippen MR) is 110 cm³/mol. The summed E-state index contributed by atoms with van der Waals surface area (Å²) < 4.78 is 2.49. The van der Waals surface area contributed by atoms with Gasteiger partial charge in [0.1, 0.15) is 0 Å². The van der Waals surface area contributed by atoms with E-state index < -0.39 is 0 Å². The van der Waals surface area contributed by atoms with E-state index in [4.69, 9.17) is 12.2 Å². The fraction of sp³-hybridized carbons (Fsp3) is 0.0476. The lowest BCUT2D eigenvalue weighted by molar-refractivity contribution is -0.578. The number of nitrogens with zero attached hydrogens (tertiary/aromatic N) is 1. The fourth-order valence-electron chi connectivity index (χ4n) is 2.52. The molecule has 0 spiro atoms. The van der Waals surface area contributed by atoms with Crippen LogP contribution >= 0.6 is 28.1 Å². The van der Waals surface area contributed by atoms with Crippen LogP contribution in [0.1, 0.15) is 11.1 Å². The molecule has 0 atom stereocenters. The van der Waals surface area contributed by atoms with Crippen LogP contribution in [-0.4, -0.2) is 4.99 Å². The van der Waals surface area contributed by atoms with E-state index in [2.05, 4.69) is 21.2 Å². The molecule has 1 N–H and O–H groups in total. The zero-order chi connectivity index (χ0) is 18.4. The lowest BCUT2D eigenvalue weighted by atomic mass is 10.1. The van der Waals surface area contributed by atoms with Crippen LogP contribution in [0.15, 0.2) is 89.7 Å². The summed E-state index contributed by atoms with van der Waals surface area (Å²) in [4.78, 5) is 0.408. The molecule has 3 rings (SSSR count). The molecule has 0 bridgehead atoms. The van der Waals surface area contributed by atoms with Crippen LogP contribution in [0.5, 0.6) is 0 Å². The first-order chi connectivity index (χ1) is 12.7. The van der Waals surface area contributed by atoms with Crippen molar-refractivity contribution in [3.05, 3.63) is 101 Å². The SMILES string of the molecule is [O-]/C(=C(\C(=S)NCc1ccccc1)[n+]1ccccc1)c1ccccc1Br. The molecule has 2 aromatic carbocycles. The fourth-order valence-corrected chi connectivity index (χ4v) is 3.26. The number of thiocarbonyl (C=S) groups is 1. The Bertz CT molecular complexity index is 927. The highest BCUT2D eigenvalue weighted by atomic mass is 79.9. The molecule has 0 radical (unpaired) electrons. The minimum absolute atomic E-state index is 0.140. The lowest BCUT2D eigenvalue weighted by Crippen LogP contribution is -2.42. The third kappa shape index (κ3) is 4.36. The van der Waals surface area contributed by atoms with Crippen molar-refractivity contribution in [3.63, 3.8) is 0 Å². The summed E-state index contributed by atoms with van der Waals surface area (Å²) >= 11 is 9.03. The summed E-state index contributed by atoms with van der Waals surface area (Å²) in [5, 5.41) is 16.4. The monoisotopic (exact) mass is 424 g/mol. The number of benzene rings is 2. The maximum atomic E-state index is 13.2. The molecule has 3 nitrogen and oxygen atoms in total. The van der Waals surface area contributed by atoms with Crippen molar-refractivity contribution in [1.29, 1.82) is 0 Å². The highest BCUT2D eigenvalue weighted by Gasteiger charge is 2.18. The number of rotatable bonds is 5. The Kier molecular flexibility index (Phi) is 6.15. The highest BCUT2D eigenvalue weighted by molar-refractivity contribution is 9.10. The van der Waals surface area contributed by atoms with Crippen molar-refractivity contribution in [2.24, 2.45) is 0 Å². The third-order valence-electron chi connectivity index (χ3n) is 3.82. The van der Waals surface area contributed by atoms with Crippen molar-refractivity contribution in [2.75, 3.05) is 0 Å². The molecule has 1 heterocycles. The second-order valence-corrected chi connectivity index (χ2v) is 6.87. The minimum atomic E-state index is -0.140. The number of hydrogen-bond acceptors (Lipinski definition) is 2. The van der Waals surface area contributed by atoms with Gasteiger partial charge < -0.3 is 10.4 Å². The van der Waals surface area contributed by atoms with E-state index in [0.717, 1.165) is 10.0 Å². The van der Waals surface area contributed by atoms with Crippen LogP contribution < -0.4 is 15.0 Å². The molecular weight excluding hydrogens is 408 g/mol. The molecule has 0 saturated carbocycles. The van der Waals surface area contributed by atoms with Gasteiger partial charge in [-0.25, -0.2) is 0 Å². The van der Waals surface area contributed by atoms with Crippen molar-refractivity contribution < 1.29 is 9.67 Å². The molecule has 0 aliphatic rings. The molecule has 3 aromatic rings. The van der Waals surface area contributed by atoms with Crippen molar-refractivity contribution in [1.82, 2.24) is 5.32 Å². The van der Waals surface area contributed by atoms with Gasteiger partial charge in [-0.05, 0) is 23.0 Å². The predicted octanol–water partition coefficient (Wildman–Crippen LogP) is 3.54. The Morgan fingerprint density at radius 2 is 1.54 bits per heavy atom. The molecule has 0 aliphatic heterocycles. The summed E-state index contributed by atoms with van der Waals surface area (Å²) in [7, 11) is 0. The first-order valence-electron chi connectivity index (χ1n) is 8.12. The molecule has 0 unspecified atom stereocenters. The summed E-state index contributed by atoms with van der Waals surface area (Å²) in [5.74, 6) is -0.140. The minimum Gasteiger partial charge on any atom is -0.867 e. The van der Waals surface area contributed by atoms with Gasteiger partial charge in [-0.2, -0.15) is 4.57 Å². The molecule has 0 fully saturated rings. The second-order valence-electron chi connectivity index (χ2n) is 5.61. The highest BCUT2D eigenvalue weighted by Crippen LogP contribution is 2.23. The van der Waals surface area contributed by atoms with Gasteiger partial charge in [0.25, 0.3) is 0 Å². The Balaban J connectivity index is 1.97. The van der Waals surface area contributed by atoms with Crippen LogP contribution in [-0.2, 0) is 6.54 Å². The van der Waals surface area contributed by atoms with Gasteiger partial charge in [-0.3, -0.25) is 0 Å². The number of hydrogen-bond donors (Lipinski definition) is 1. The average Bonchev–Trinajstić information content (AvgIpc) is 2.68. The van der Waals surface area contributed by atoms with Crippen molar-refractivity contribution in [3.8, 4) is 0 Å². The first-order valence-corrected chi connectivity index (χ1v) is 9.32. The van der Waals surface area contributed by atoms with Gasteiger partial charge in [-0.15, -0.1) is 0 Å². The third-order valence-corrected chi connectivity index (χ3v) is 4.85. The molecule has 0 aliphatic carbocycles. The zero-order valence-corrected chi connectivity index (χ0v) is 16.3. The van der Waals surface area contributed by atoms with Crippen LogP contribution in [0, 0.1) is 0 Å². The van der Waals surface area contributed by atoms with Crippen LogP contribution in [0.4, 0.5) is 0 Å². The van der Waals surface area contributed by atoms with Gasteiger partial charge in [0.05, 0.1) is 0 Å². The van der Waals surface area contributed by atoms with Crippen molar-refractivity contribution >= 4 is 44.6 Å². The standard InChI is InChI=1S/C21H17BrN2OS/c22-18-12-6-5-11-17(18)20(25)19(24-13-7-2-8-14-24)21(26)23-15-16-9-3-1-4-10-16/h1-14H,15H2,(H-,23,25,26). The second kappa shape index (κ2) is 8.74. The lowest BCUT2D eigenvalue weighted by Gasteiger charge is -2.18. The van der Waals surface area contributed by atoms with Gasteiger partial charge >= 0.3 is 0 Å². The summed E-state index contributed by atoms with van der Waals surface area (Å²) in [5.41, 5.74) is 2.09. The Hall–Kier alpha value is -2.50. The van der Waals surface area contributed by atoms with Crippen LogP contribution in [0.25, 0.3) is 11.5 Å². The van der Waals surface area contributed by atoms with E-state index >= 15 is 0 Å². The summed E-state index contributed by atoms with van der Waals surface area (Å²) in [6, 6.07) is 22.9. The Morgan fingerprint density at radius 1 is 0.923 bits per heavy atom. The quantitative estimate of drug-likeness (QED) is 0.294.